The Morgan fingerprint density at radius 1 is 1.33 bits per heavy atom. The minimum Gasteiger partial charge on any atom is -0.348 e. The van der Waals surface area contributed by atoms with Crippen molar-refractivity contribution in [3.8, 4) is 0 Å². The molecule has 4 nitrogen and oxygen atoms in total. The minimum atomic E-state index is -0.160. The van der Waals surface area contributed by atoms with E-state index in [9.17, 15) is 4.79 Å². The molecule has 1 fully saturated rings. The van der Waals surface area contributed by atoms with Crippen LogP contribution in [0.25, 0.3) is 0 Å². The van der Waals surface area contributed by atoms with Gasteiger partial charge in [0.05, 0.1) is 12.4 Å². The third kappa shape index (κ3) is 3.59. The van der Waals surface area contributed by atoms with Crippen molar-refractivity contribution in [2.24, 2.45) is 0 Å². The molecule has 98 valence electrons. The van der Waals surface area contributed by atoms with Crippen LogP contribution in [0, 0.1) is 0 Å². The van der Waals surface area contributed by atoms with Gasteiger partial charge >= 0.3 is 0 Å². The topological polar surface area (TPSA) is 54.9 Å². The molecule has 1 aliphatic carbocycles. The molecule has 0 aromatic carbocycles. The molecule has 0 radical (unpaired) electrons. The highest BCUT2D eigenvalue weighted by molar-refractivity contribution is 7.99. The highest BCUT2D eigenvalue weighted by Gasteiger charge is 2.22. The zero-order valence-corrected chi connectivity index (χ0v) is 11.8. The zero-order chi connectivity index (χ0) is 13.0. The Bertz CT molecular complexity index is 404. The molecule has 1 aliphatic rings. The van der Waals surface area contributed by atoms with Crippen LogP contribution in [0.5, 0.6) is 0 Å². The maximum Gasteiger partial charge on any atom is 0.271 e. The van der Waals surface area contributed by atoms with Crippen molar-refractivity contribution in [2.45, 2.75) is 37.0 Å². The van der Waals surface area contributed by atoms with Crippen molar-refractivity contribution in [3.63, 3.8) is 0 Å². The van der Waals surface area contributed by atoms with E-state index in [1.54, 1.807) is 0 Å². The number of thioether (sulfide) groups is 1. The smallest absolute Gasteiger partial charge is 0.271 e. The lowest BCUT2D eigenvalue weighted by Gasteiger charge is -2.27. The van der Waals surface area contributed by atoms with Gasteiger partial charge < -0.3 is 5.32 Å². The van der Waals surface area contributed by atoms with Crippen molar-refractivity contribution < 1.29 is 4.79 Å². The largest absolute Gasteiger partial charge is 0.348 e. The summed E-state index contributed by atoms with van der Waals surface area (Å²) in [5.41, 5.74) is 0.325. The van der Waals surface area contributed by atoms with Crippen LogP contribution in [0.1, 0.15) is 36.2 Å². The number of carbonyl (C=O) groups is 1. The van der Waals surface area contributed by atoms with Gasteiger partial charge in [0.15, 0.2) is 0 Å². The van der Waals surface area contributed by atoms with E-state index in [2.05, 4.69) is 21.5 Å². The van der Waals surface area contributed by atoms with Crippen LogP contribution in [-0.2, 0) is 0 Å². The molecule has 6 heteroatoms. The molecule has 0 spiro atoms. The summed E-state index contributed by atoms with van der Waals surface area (Å²) in [6.07, 6.45) is 9.35. The summed E-state index contributed by atoms with van der Waals surface area (Å²) in [6, 6.07) is 0.262. The van der Waals surface area contributed by atoms with E-state index in [4.69, 9.17) is 11.6 Å². The van der Waals surface area contributed by atoms with Crippen molar-refractivity contribution in [1.29, 1.82) is 0 Å². The second-order valence-electron chi connectivity index (χ2n) is 4.41. The predicted octanol–water partition coefficient (Wildman–Crippen LogP) is 2.53. The molecule has 1 amide bonds. The number of halogens is 1. The molecule has 1 aromatic heterocycles. The van der Waals surface area contributed by atoms with Crippen molar-refractivity contribution in [2.75, 3.05) is 6.26 Å². The second kappa shape index (κ2) is 6.38. The van der Waals surface area contributed by atoms with Crippen LogP contribution < -0.4 is 5.32 Å². The van der Waals surface area contributed by atoms with E-state index in [0.717, 1.165) is 18.1 Å². The number of amides is 1. The van der Waals surface area contributed by atoms with E-state index >= 15 is 0 Å². The lowest BCUT2D eigenvalue weighted by Crippen LogP contribution is -2.38. The van der Waals surface area contributed by atoms with Crippen LogP contribution in [0.2, 0.25) is 5.15 Å². The fraction of sp³-hybridized carbons (Fsp3) is 0.583. The standard InChI is InChI=1S/C12H16ClN3OS/c1-18-9-4-2-8(3-5-9)16-12(17)10-6-15-11(13)7-14-10/h6-9H,2-5H2,1H3,(H,16,17). The molecule has 0 bridgehead atoms. The quantitative estimate of drug-likeness (QED) is 0.927. The number of nitrogens with zero attached hydrogens (tertiary/aromatic N) is 2. The SMILES string of the molecule is CSC1CCC(NC(=O)c2cnc(Cl)cn2)CC1. The Balaban J connectivity index is 1.86. The van der Waals surface area contributed by atoms with Crippen LogP contribution in [-0.4, -0.2) is 33.4 Å². The van der Waals surface area contributed by atoms with Gasteiger partial charge in [-0.3, -0.25) is 4.79 Å². The summed E-state index contributed by atoms with van der Waals surface area (Å²) in [5.74, 6) is -0.160. The second-order valence-corrected chi connectivity index (χ2v) is 5.93. The average molecular weight is 286 g/mol. The number of carbonyl (C=O) groups excluding carboxylic acids is 1. The van der Waals surface area contributed by atoms with Gasteiger partial charge in [-0.25, -0.2) is 9.97 Å². The normalized spacial score (nSPS) is 23.7. The molecule has 1 heterocycles. The highest BCUT2D eigenvalue weighted by atomic mass is 35.5. The van der Waals surface area contributed by atoms with Crippen molar-refractivity contribution in [3.05, 3.63) is 23.2 Å². The number of aromatic nitrogens is 2. The van der Waals surface area contributed by atoms with E-state index < -0.39 is 0 Å². The molecular weight excluding hydrogens is 270 g/mol. The Labute approximate surface area is 116 Å². The Kier molecular flexibility index (Phi) is 4.83. The van der Waals surface area contributed by atoms with Gasteiger partial charge in [0, 0.05) is 11.3 Å². The van der Waals surface area contributed by atoms with Crippen LogP contribution in [0.3, 0.4) is 0 Å². The summed E-state index contributed by atoms with van der Waals surface area (Å²) >= 11 is 7.55. The number of rotatable bonds is 3. The summed E-state index contributed by atoms with van der Waals surface area (Å²) in [6.45, 7) is 0. The number of nitrogens with one attached hydrogen (secondary N) is 1. The lowest BCUT2D eigenvalue weighted by molar-refractivity contribution is 0.0922. The van der Waals surface area contributed by atoms with Gasteiger partial charge in [0.25, 0.3) is 5.91 Å². The first-order chi connectivity index (χ1) is 8.69. The molecule has 0 unspecified atom stereocenters. The Morgan fingerprint density at radius 2 is 2.06 bits per heavy atom. The fourth-order valence-corrected chi connectivity index (χ4v) is 2.97. The molecule has 1 aromatic rings. The van der Waals surface area contributed by atoms with Gasteiger partial charge in [-0.2, -0.15) is 11.8 Å². The molecule has 2 rings (SSSR count). The lowest BCUT2D eigenvalue weighted by atomic mass is 9.95. The molecule has 1 saturated carbocycles. The van der Waals surface area contributed by atoms with Crippen LogP contribution in [0.4, 0.5) is 0 Å². The predicted molar refractivity (Wildman–Crippen MR) is 74.1 cm³/mol. The third-order valence-electron chi connectivity index (χ3n) is 3.20. The molecule has 1 N–H and O–H groups in total. The average Bonchev–Trinajstić information content (AvgIpc) is 2.40. The Morgan fingerprint density at radius 3 is 2.61 bits per heavy atom. The summed E-state index contributed by atoms with van der Waals surface area (Å²) < 4.78 is 0. The van der Waals surface area contributed by atoms with Gasteiger partial charge in [-0.15, -0.1) is 0 Å². The first-order valence-electron chi connectivity index (χ1n) is 6.00. The van der Waals surface area contributed by atoms with Gasteiger partial charge in [-0.1, -0.05) is 11.6 Å². The molecular formula is C12H16ClN3OS. The van der Waals surface area contributed by atoms with E-state index in [1.807, 2.05) is 11.8 Å². The first-order valence-corrected chi connectivity index (χ1v) is 7.67. The summed E-state index contributed by atoms with van der Waals surface area (Å²) in [4.78, 5) is 19.7. The van der Waals surface area contributed by atoms with E-state index in [0.29, 0.717) is 10.8 Å². The highest BCUT2D eigenvalue weighted by Crippen LogP contribution is 2.26. The summed E-state index contributed by atoms with van der Waals surface area (Å²) in [7, 11) is 0. The van der Waals surface area contributed by atoms with Crippen molar-refractivity contribution >= 4 is 29.3 Å². The molecule has 18 heavy (non-hydrogen) atoms. The third-order valence-corrected chi connectivity index (χ3v) is 4.53. The van der Waals surface area contributed by atoms with Gasteiger partial charge in [0.2, 0.25) is 0 Å². The van der Waals surface area contributed by atoms with Gasteiger partial charge in [0.1, 0.15) is 10.8 Å². The van der Waals surface area contributed by atoms with Crippen LogP contribution in [0.15, 0.2) is 12.4 Å². The molecule has 0 atom stereocenters. The van der Waals surface area contributed by atoms with E-state index in [1.165, 1.54) is 25.2 Å². The Hall–Kier alpha value is -0.810. The first kappa shape index (κ1) is 13.6. The fourth-order valence-electron chi connectivity index (χ4n) is 2.13. The van der Waals surface area contributed by atoms with Gasteiger partial charge in [-0.05, 0) is 31.9 Å². The molecule has 0 saturated heterocycles. The maximum atomic E-state index is 11.9. The zero-order valence-electron chi connectivity index (χ0n) is 10.2. The van der Waals surface area contributed by atoms with Crippen LogP contribution >= 0.6 is 23.4 Å². The number of hydrogen-bond acceptors (Lipinski definition) is 4. The van der Waals surface area contributed by atoms with E-state index in [-0.39, 0.29) is 11.9 Å². The molecule has 0 aliphatic heterocycles. The maximum absolute atomic E-state index is 11.9. The van der Waals surface area contributed by atoms with Crippen molar-refractivity contribution in [1.82, 2.24) is 15.3 Å². The summed E-state index contributed by atoms with van der Waals surface area (Å²) in [5, 5.41) is 4.05. The monoisotopic (exact) mass is 285 g/mol. The minimum absolute atomic E-state index is 0.160. The number of hydrogen-bond donors (Lipinski definition) is 1.